The van der Waals surface area contributed by atoms with Crippen LogP contribution in [0.1, 0.15) is 79.2 Å². The summed E-state index contributed by atoms with van der Waals surface area (Å²) in [6.07, 6.45) is 8.97. The standard InChI is InChI=1S/2C26H21O.2ClH.Zr/c2*1-2-6-23-13-14-26(27-23)22-16-20-9-5-10-24(25(20)17-22)21-12-11-18-7-3-4-8-19(18)15-21;;;/h2*3-5,7-17H,2,6H2,1H3;2*1H;/q;;;;+2/p-2. The SMILES string of the molecule is CCCc1ccc(C2=Cc3c(-c4ccc5ccccc5c4)cccc3[CH]2[Zr+2][CH]2C(c3ccc(CCC)o3)=Cc3c(-c4ccc5ccccc5c4)cccc32)o1.[Cl-].[Cl-]. The minimum Gasteiger partial charge on any atom is -1.00 e. The van der Waals surface area contributed by atoms with Crippen LogP contribution in [0.15, 0.2) is 154 Å². The fourth-order valence-corrected chi connectivity index (χ4v) is 13.7. The first-order valence-corrected chi connectivity index (χ1v) is 22.6. The van der Waals surface area contributed by atoms with Gasteiger partial charge in [0.2, 0.25) is 0 Å². The third-order valence-corrected chi connectivity index (χ3v) is 16.2. The normalized spacial score (nSPS) is 15.3. The van der Waals surface area contributed by atoms with Gasteiger partial charge in [0.05, 0.1) is 0 Å². The fourth-order valence-electron chi connectivity index (χ4n) is 8.80. The molecule has 57 heavy (non-hydrogen) atoms. The molecular weight excluding hydrogens is 819 g/mol. The number of furan rings is 2. The van der Waals surface area contributed by atoms with E-state index in [1.54, 1.807) is 0 Å². The predicted molar refractivity (Wildman–Crippen MR) is 225 cm³/mol. The molecule has 2 nitrogen and oxygen atoms in total. The Morgan fingerprint density at radius 2 is 0.895 bits per heavy atom. The number of hydrogen-bond acceptors (Lipinski definition) is 2. The molecule has 0 radical (unpaired) electrons. The first kappa shape index (κ1) is 39.2. The van der Waals surface area contributed by atoms with Crippen molar-refractivity contribution in [1.29, 1.82) is 0 Å². The van der Waals surface area contributed by atoms with Crippen LogP contribution in [0.25, 0.3) is 67.1 Å². The van der Waals surface area contributed by atoms with E-state index in [0.29, 0.717) is 7.25 Å². The van der Waals surface area contributed by atoms with E-state index < -0.39 is 23.2 Å². The summed E-state index contributed by atoms with van der Waals surface area (Å²) in [5, 5.41) is 5.07. The van der Waals surface area contributed by atoms with E-state index >= 15 is 0 Å². The van der Waals surface area contributed by atoms with Crippen LogP contribution in [0.4, 0.5) is 0 Å². The first-order chi connectivity index (χ1) is 27.1. The van der Waals surface area contributed by atoms with E-state index in [1.807, 2.05) is 0 Å². The summed E-state index contributed by atoms with van der Waals surface area (Å²) in [6, 6.07) is 53.9. The summed E-state index contributed by atoms with van der Waals surface area (Å²) < 4.78 is 14.0. The zero-order valence-electron chi connectivity index (χ0n) is 32.1. The van der Waals surface area contributed by atoms with E-state index in [4.69, 9.17) is 8.83 Å². The average molecular weight is 861 g/mol. The topological polar surface area (TPSA) is 26.3 Å². The third-order valence-electron chi connectivity index (χ3n) is 11.5. The molecule has 0 fully saturated rings. The molecule has 2 atom stereocenters. The molecule has 0 spiro atoms. The molecule has 5 heteroatoms. The largest absolute Gasteiger partial charge is 1.00 e. The number of aryl methyl sites for hydroxylation is 2. The van der Waals surface area contributed by atoms with Gasteiger partial charge in [-0.1, -0.05) is 0 Å². The molecule has 2 aliphatic carbocycles. The zero-order valence-corrected chi connectivity index (χ0v) is 36.0. The van der Waals surface area contributed by atoms with Crippen LogP contribution < -0.4 is 24.8 Å². The van der Waals surface area contributed by atoms with Crippen molar-refractivity contribution in [1.82, 2.24) is 0 Å². The van der Waals surface area contributed by atoms with Gasteiger partial charge in [-0.15, -0.1) is 0 Å². The van der Waals surface area contributed by atoms with Gasteiger partial charge in [0.25, 0.3) is 0 Å². The summed E-state index contributed by atoms with van der Waals surface area (Å²) >= 11 is -1.37. The molecule has 0 saturated carbocycles. The van der Waals surface area contributed by atoms with Gasteiger partial charge in [0.1, 0.15) is 0 Å². The molecule has 0 aliphatic heterocycles. The smallest absolute Gasteiger partial charge is 1.00 e. The van der Waals surface area contributed by atoms with Crippen molar-refractivity contribution in [3.63, 3.8) is 0 Å². The molecule has 0 amide bonds. The quantitative estimate of drug-likeness (QED) is 0.138. The second kappa shape index (κ2) is 16.7. The van der Waals surface area contributed by atoms with Crippen LogP contribution in [-0.4, -0.2) is 0 Å². The van der Waals surface area contributed by atoms with Gasteiger partial charge in [0, 0.05) is 0 Å². The van der Waals surface area contributed by atoms with E-state index in [2.05, 4.69) is 172 Å². The molecule has 2 heterocycles. The Bertz CT molecular complexity index is 2610. The van der Waals surface area contributed by atoms with E-state index in [9.17, 15) is 0 Å². The van der Waals surface area contributed by atoms with Crippen LogP contribution in [0.3, 0.4) is 0 Å². The Balaban J connectivity index is 0.00000228. The van der Waals surface area contributed by atoms with Gasteiger partial charge in [-0.2, -0.15) is 0 Å². The first-order valence-electron chi connectivity index (χ1n) is 19.8. The van der Waals surface area contributed by atoms with E-state index in [0.717, 1.165) is 48.7 Å². The van der Waals surface area contributed by atoms with Gasteiger partial charge in [-0.25, -0.2) is 0 Å². The molecule has 2 aliphatic rings. The molecule has 8 aromatic rings. The van der Waals surface area contributed by atoms with Crippen molar-refractivity contribution in [3.8, 4) is 22.3 Å². The van der Waals surface area contributed by atoms with Crippen molar-refractivity contribution in [2.24, 2.45) is 0 Å². The Kier molecular flexibility index (Phi) is 11.5. The van der Waals surface area contributed by atoms with Gasteiger partial charge in [-0.3, -0.25) is 0 Å². The summed E-state index contributed by atoms with van der Waals surface area (Å²) in [4.78, 5) is 0. The van der Waals surface area contributed by atoms with Crippen molar-refractivity contribution < 1.29 is 56.9 Å². The summed E-state index contributed by atoms with van der Waals surface area (Å²) in [5.41, 5.74) is 13.3. The average Bonchev–Trinajstić information content (AvgIpc) is 4.04. The van der Waals surface area contributed by atoms with Crippen LogP contribution in [0, 0.1) is 0 Å². The van der Waals surface area contributed by atoms with Crippen LogP contribution >= 0.6 is 0 Å². The van der Waals surface area contributed by atoms with Gasteiger partial charge in [0.15, 0.2) is 0 Å². The fraction of sp³-hybridized carbons (Fsp3) is 0.154. The summed E-state index contributed by atoms with van der Waals surface area (Å²) in [7, 11) is 0. The number of halogens is 2. The van der Waals surface area contributed by atoms with Crippen molar-refractivity contribution in [3.05, 3.63) is 191 Å². The molecule has 2 aromatic heterocycles. The Labute approximate surface area is 359 Å². The molecule has 0 bridgehead atoms. The third kappa shape index (κ3) is 7.25. The predicted octanol–water partition coefficient (Wildman–Crippen LogP) is 8.40. The molecule has 0 saturated heterocycles. The maximum Gasteiger partial charge on any atom is -1.00 e. The molecule has 2 unspecified atom stereocenters. The number of benzene rings is 6. The molecular formula is C52H42Cl2O2Zr. The van der Waals surface area contributed by atoms with Crippen LogP contribution in [0.5, 0.6) is 0 Å². The number of hydrogen-bond donors (Lipinski definition) is 0. The van der Waals surface area contributed by atoms with Crippen molar-refractivity contribution in [2.45, 2.75) is 46.8 Å². The van der Waals surface area contributed by atoms with Gasteiger partial charge in [-0.05, 0) is 0 Å². The summed E-state index contributed by atoms with van der Waals surface area (Å²) in [6.45, 7) is 4.44. The maximum absolute atomic E-state index is 6.69. The number of rotatable bonds is 10. The number of allylic oxidation sites excluding steroid dienone is 2. The Morgan fingerprint density at radius 3 is 1.33 bits per heavy atom. The van der Waals surface area contributed by atoms with Crippen molar-refractivity contribution in [2.75, 3.05) is 0 Å². The minimum atomic E-state index is -1.37. The Morgan fingerprint density at radius 1 is 0.456 bits per heavy atom. The summed E-state index contributed by atoms with van der Waals surface area (Å²) in [5.74, 6) is 4.18. The van der Waals surface area contributed by atoms with E-state index in [-0.39, 0.29) is 24.8 Å². The molecule has 10 rings (SSSR count). The monoisotopic (exact) mass is 858 g/mol. The molecule has 6 aromatic carbocycles. The van der Waals surface area contributed by atoms with Gasteiger partial charge >= 0.3 is 337 Å². The van der Waals surface area contributed by atoms with E-state index in [1.165, 1.54) is 77.2 Å². The minimum absolute atomic E-state index is 0. The number of fused-ring (bicyclic) bond motifs is 4. The zero-order chi connectivity index (χ0) is 36.9. The van der Waals surface area contributed by atoms with Crippen molar-refractivity contribution >= 4 is 44.8 Å². The van der Waals surface area contributed by atoms with Crippen LogP contribution in [0.2, 0.25) is 0 Å². The molecule has 0 N–H and O–H groups in total. The Hall–Kier alpha value is -4.66. The molecule has 280 valence electrons. The van der Waals surface area contributed by atoms with Crippen LogP contribution in [-0.2, 0) is 36.1 Å². The van der Waals surface area contributed by atoms with Gasteiger partial charge < -0.3 is 24.8 Å². The second-order valence-electron chi connectivity index (χ2n) is 15.0. The maximum atomic E-state index is 6.69. The second-order valence-corrected chi connectivity index (χ2v) is 18.7.